The molecule has 8 heteroatoms. The third-order valence-corrected chi connectivity index (χ3v) is 5.42. The maximum absolute atomic E-state index is 11.6. The molecule has 0 bridgehead atoms. The van der Waals surface area contributed by atoms with Gasteiger partial charge in [0, 0.05) is 13.1 Å². The molecule has 0 fully saturated rings. The van der Waals surface area contributed by atoms with Crippen molar-refractivity contribution in [1.29, 1.82) is 0 Å². The average molecular weight is 375 g/mol. The second kappa shape index (κ2) is 7.06. The molecule has 0 aliphatic carbocycles. The number of oxazole rings is 1. The number of hydrogen-bond donors (Lipinski definition) is 2. The number of rotatable bonds is 6. The lowest BCUT2D eigenvalue weighted by atomic mass is 10.0. The van der Waals surface area contributed by atoms with Crippen LogP contribution >= 0.6 is 0 Å². The van der Waals surface area contributed by atoms with Gasteiger partial charge in [0.15, 0.2) is 5.58 Å². The normalized spacial score (nSPS) is 13.2. The van der Waals surface area contributed by atoms with Crippen LogP contribution in [-0.4, -0.2) is 24.9 Å². The van der Waals surface area contributed by atoms with Crippen LogP contribution in [0, 0.1) is 0 Å². The van der Waals surface area contributed by atoms with Crippen LogP contribution in [0.2, 0.25) is 0 Å². The molecule has 3 N–H and O–H groups in total. The van der Waals surface area contributed by atoms with Crippen LogP contribution in [0.1, 0.15) is 12.5 Å². The van der Waals surface area contributed by atoms with Crippen LogP contribution in [0.25, 0.3) is 22.2 Å². The lowest BCUT2D eigenvalue weighted by molar-refractivity contribution is 0.528. The minimum absolute atomic E-state index is 0.244. The van der Waals surface area contributed by atoms with Crippen LogP contribution in [0.4, 0.5) is 0 Å². The lowest BCUT2D eigenvalue weighted by Crippen LogP contribution is -2.37. The summed E-state index contributed by atoms with van der Waals surface area (Å²) in [6.07, 6.45) is 0.564. The van der Waals surface area contributed by atoms with Gasteiger partial charge in [-0.1, -0.05) is 30.3 Å². The summed E-state index contributed by atoms with van der Waals surface area (Å²) in [5.41, 5.74) is 9.48. The third kappa shape index (κ3) is 3.87. The Labute approximate surface area is 151 Å². The smallest absolute Gasteiger partial charge is 0.408 e. The topological polar surface area (TPSA) is 107 Å². The molecule has 138 valence electrons. The minimum atomic E-state index is -3.42. The van der Waals surface area contributed by atoms with Gasteiger partial charge in [0.1, 0.15) is 5.88 Å². The van der Waals surface area contributed by atoms with E-state index in [-0.39, 0.29) is 11.8 Å². The molecular weight excluding hydrogens is 354 g/mol. The van der Waals surface area contributed by atoms with Crippen molar-refractivity contribution >= 4 is 21.1 Å². The van der Waals surface area contributed by atoms with Gasteiger partial charge in [0.05, 0.1) is 5.52 Å². The van der Waals surface area contributed by atoms with Crippen LogP contribution in [0.15, 0.2) is 51.7 Å². The predicted molar refractivity (Wildman–Crippen MR) is 101 cm³/mol. The highest BCUT2D eigenvalue weighted by Crippen LogP contribution is 2.24. The molecule has 0 spiro atoms. The van der Waals surface area contributed by atoms with E-state index in [2.05, 4.69) is 4.72 Å². The molecular formula is C18H21N3O4S. The second-order valence-corrected chi connectivity index (χ2v) is 8.11. The summed E-state index contributed by atoms with van der Waals surface area (Å²) in [6.45, 7) is 1.80. The molecule has 1 heterocycles. The number of nitrogens with zero attached hydrogens (tertiary/aromatic N) is 1. The molecule has 3 rings (SSSR count). The first-order chi connectivity index (χ1) is 12.3. The highest BCUT2D eigenvalue weighted by molar-refractivity contribution is 7.89. The average Bonchev–Trinajstić information content (AvgIpc) is 2.89. The van der Waals surface area contributed by atoms with Gasteiger partial charge in [-0.2, -0.15) is 0 Å². The first-order valence-electron chi connectivity index (χ1n) is 8.18. The summed E-state index contributed by atoms with van der Waals surface area (Å²) in [5.74, 6) is -0.809. The van der Waals surface area contributed by atoms with E-state index in [9.17, 15) is 13.2 Å². The van der Waals surface area contributed by atoms with Crippen molar-refractivity contribution in [2.75, 3.05) is 5.88 Å². The molecule has 0 aliphatic heterocycles. The quantitative estimate of drug-likeness (QED) is 0.680. The molecule has 0 radical (unpaired) electrons. The summed E-state index contributed by atoms with van der Waals surface area (Å²) < 4.78 is 32.2. The van der Waals surface area contributed by atoms with Crippen molar-refractivity contribution in [1.82, 2.24) is 9.29 Å². The Bertz CT molecular complexity index is 1080. The van der Waals surface area contributed by atoms with Crippen LogP contribution in [-0.2, 0) is 23.5 Å². The Kier molecular flexibility index (Phi) is 4.99. The first-order valence-corrected chi connectivity index (χ1v) is 9.83. The molecule has 0 unspecified atom stereocenters. The zero-order valence-electron chi connectivity index (χ0n) is 14.6. The van der Waals surface area contributed by atoms with Crippen LogP contribution < -0.4 is 16.2 Å². The van der Waals surface area contributed by atoms with Gasteiger partial charge in [-0.3, -0.25) is 4.57 Å². The summed E-state index contributed by atoms with van der Waals surface area (Å²) in [6, 6.07) is 13.2. The van der Waals surface area contributed by atoms with Crippen LogP contribution in [0.5, 0.6) is 0 Å². The standard InChI is InChI=1S/C18H21N3O4S/c1-12(20-26(23,24)11-19)9-13-3-5-14(6-4-13)15-7-8-17-16(10-15)21(2)18(22)25-17/h3-8,10,12,20H,9,11,19H2,1-2H3/t12-/m1/s1. The Balaban J connectivity index is 1.79. The molecule has 26 heavy (non-hydrogen) atoms. The fraction of sp³-hybridized carbons (Fsp3) is 0.278. The van der Waals surface area contributed by atoms with Crippen molar-refractivity contribution in [2.45, 2.75) is 19.4 Å². The summed E-state index contributed by atoms with van der Waals surface area (Å²) >= 11 is 0. The van der Waals surface area contributed by atoms with Crippen molar-refractivity contribution in [2.24, 2.45) is 12.8 Å². The van der Waals surface area contributed by atoms with Gasteiger partial charge in [-0.05, 0) is 42.2 Å². The van der Waals surface area contributed by atoms with Crippen molar-refractivity contribution < 1.29 is 12.8 Å². The number of aromatic nitrogens is 1. The maximum Gasteiger partial charge on any atom is 0.419 e. The molecule has 2 aromatic carbocycles. The summed E-state index contributed by atoms with van der Waals surface area (Å²) in [4.78, 5) is 11.6. The third-order valence-electron chi connectivity index (χ3n) is 4.22. The Morgan fingerprint density at radius 3 is 2.46 bits per heavy atom. The Hall–Kier alpha value is -2.42. The molecule has 1 atom stereocenters. The van der Waals surface area contributed by atoms with E-state index in [4.69, 9.17) is 10.2 Å². The predicted octanol–water partition coefficient (Wildman–Crippen LogP) is 1.57. The molecule has 3 aromatic rings. The van der Waals surface area contributed by atoms with Gasteiger partial charge in [0.25, 0.3) is 0 Å². The second-order valence-electron chi connectivity index (χ2n) is 6.31. The van der Waals surface area contributed by atoms with E-state index >= 15 is 0 Å². The Morgan fingerprint density at radius 2 is 1.81 bits per heavy atom. The SMILES string of the molecule is C[C@H](Cc1ccc(-c2ccc3oc(=O)n(C)c3c2)cc1)NS(=O)(=O)CN. The number of nitrogens with one attached hydrogen (secondary N) is 1. The zero-order valence-corrected chi connectivity index (χ0v) is 15.4. The molecule has 0 aliphatic rings. The highest BCUT2D eigenvalue weighted by Gasteiger charge is 2.13. The number of sulfonamides is 1. The largest absolute Gasteiger partial charge is 0.419 e. The summed E-state index contributed by atoms with van der Waals surface area (Å²) in [7, 11) is -1.75. The van der Waals surface area contributed by atoms with Gasteiger partial charge in [0.2, 0.25) is 10.0 Å². The van der Waals surface area contributed by atoms with E-state index in [0.717, 1.165) is 22.2 Å². The zero-order chi connectivity index (χ0) is 18.9. The first kappa shape index (κ1) is 18.4. The molecule has 0 saturated carbocycles. The maximum atomic E-state index is 11.6. The van der Waals surface area contributed by atoms with Crippen molar-refractivity contribution in [3.05, 3.63) is 58.6 Å². The van der Waals surface area contributed by atoms with E-state index in [1.165, 1.54) is 4.57 Å². The monoisotopic (exact) mass is 375 g/mol. The number of fused-ring (bicyclic) bond motifs is 1. The van der Waals surface area contributed by atoms with Crippen LogP contribution in [0.3, 0.4) is 0 Å². The Morgan fingerprint density at radius 1 is 1.15 bits per heavy atom. The minimum Gasteiger partial charge on any atom is -0.408 e. The number of aryl methyl sites for hydroxylation is 1. The van der Waals surface area contributed by atoms with Gasteiger partial charge >= 0.3 is 5.76 Å². The molecule has 7 nitrogen and oxygen atoms in total. The van der Waals surface area contributed by atoms with Crippen molar-refractivity contribution in [3.63, 3.8) is 0 Å². The van der Waals surface area contributed by atoms with E-state index in [1.54, 1.807) is 20.0 Å². The van der Waals surface area contributed by atoms with E-state index in [0.29, 0.717) is 12.0 Å². The number of hydrogen-bond acceptors (Lipinski definition) is 5. The van der Waals surface area contributed by atoms with Crippen molar-refractivity contribution in [3.8, 4) is 11.1 Å². The lowest BCUT2D eigenvalue weighted by Gasteiger charge is -2.13. The highest BCUT2D eigenvalue weighted by atomic mass is 32.2. The number of nitrogens with two attached hydrogens (primary N) is 1. The molecule has 0 amide bonds. The van der Waals surface area contributed by atoms with E-state index < -0.39 is 15.9 Å². The fourth-order valence-corrected chi connectivity index (χ4v) is 3.68. The van der Waals surface area contributed by atoms with Gasteiger partial charge < -0.3 is 10.2 Å². The fourth-order valence-electron chi connectivity index (χ4n) is 2.89. The number of benzene rings is 2. The molecule has 1 aromatic heterocycles. The van der Waals surface area contributed by atoms with Gasteiger partial charge in [-0.25, -0.2) is 17.9 Å². The summed E-state index contributed by atoms with van der Waals surface area (Å²) in [5, 5.41) is 0. The van der Waals surface area contributed by atoms with Gasteiger partial charge in [-0.15, -0.1) is 0 Å². The molecule has 0 saturated heterocycles. The van der Waals surface area contributed by atoms with E-state index in [1.807, 2.05) is 36.4 Å².